The number of carboxylic acid groups (broad SMARTS) is 1. The molecule has 0 aromatic carbocycles. The number of hydrogen-bond acceptors (Lipinski definition) is 4. The van der Waals surface area contributed by atoms with E-state index in [4.69, 9.17) is 5.11 Å². The summed E-state index contributed by atoms with van der Waals surface area (Å²) in [5, 5.41) is 9.98. The van der Waals surface area contributed by atoms with E-state index >= 15 is 0 Å². The molecule has 1 rings (SSSR count). The van der Waals surface area contributed by atoms with Crippen LogP contribution in [0, 0.1) is 0 Å². The third kappa shape index (κ3) is 1.71. The zero-order chi connectivity index (χ0) is 8.27. The third-order valence-corrected chi connectivity index (χ3v) is 1.21. The Hall–Kier alpha value is -1.49. The number of rotatable bonds is 2. The molecule has 0 radical (unpaired) electrons. The number of allylic oxidation sites excluding steroid dienone is 2. The van der Waals surface area contributed by atoms with Crippen molar-refractivity contribution in [3.8, 4) is 0 Å². The second-order valence-electron chi connectivity index (χ2n) is 1.93. The van der Waals surface area contributed by atoms with Gasteiger partial charge in [0.25, 0.3) is 0 Å². The molecule has 0 bridgehead atoms. The van der Waals surface area contributed by atoms with Gasteiger partial charge in [-0.25, -0.2) is 15.3 Å². The van der Waals surface area contributed by atoms with Crippen LogP contribution in [0.5, 0.6) is 0 Å². The first-order valence-corrected chi connectivity index (χ1v) is 3.09. The Balaban J connectivity index is 2.64. The van der Waals surface area contributed by atoms with Crippen LogP contribution in [0.15, 0.2) is 24.0 Å². The molecule has 0 fully saturated rings. The van der Waals surface area contributed by atoms with E-state index in [9.17, 15) is 4.79 Å². The van der Waals surface area contributed by atoms with Gasteiger partial charge >= 0.3 is 5.97 Å². The molecule has 1 aliphatic rings. The number of hydrogen-bond donors (Lipinski definition) is 3. The van der Waals surface area contributed by atoms with Crippen LogP contribution in [-0.4, -0.2) is 23.2 Å². The van der Waals surface area contributed by atoms with Crippen LogP contribution in [0.2, 0.25) is 0 Å². The number of hydrazine groups is 2. The Labute approximate surface area is 63.9 Å². The maximum absolute atomic E-state index is 10.4. The molecule has 0 unspecified atom stereocenters. The van der Waals surface area contributed by atoms with E-state index in [0.717, 1.165) is 0 Å². The van der Waals surface area contributed by atoms with Crippen molar-refractivity contribution in [3.63, 3.8) is 0 Å². The monoisotopic (exact) mass is 155 g/mol. The number of aliphatic carboxylic acids is 1. The largest absolute Gasteiger partial charge is 0.477 e. The van der Waals surface area contributed by atoms with Gasteiger partial charge in [0.2, 0.25) is 0 Å². The maximum atomic E-state index is 10.4. The van der Waals surface area contributed by atoms with E-state index in [1.165, 1.54) is 11.2 Å². The number of carboxylic acids is 1. The molecule has 5 nitrogen and oxygen atoms in total. The zero-order valence-electron chi connectivity index (χ0n) is 6.03. The van der Waals surface area contributed by atoms with Crippen molar-refractivity contribution in [3.05, 3.63) is 24.0 Å². The standard InChI is InChI=1S/C6H9N3O2/c1-7-9-4-2-3-5(8-9)6(10)11/h2-4,7-8H,1H3,(H,10,11). The van der Waals surface area contributed by atoms with Crippen molar-refractivity contribution in [1.82, 2.24) is 16.0 Å². The second-order valence-corrected chi connectivity index (χ2v) is 1.93. The molecule has 1 aliphatic heterocycles. The molecule has 60 valence electrons. The van der Waals surface area contributed by atoms with Gasteiger partial charge in [0.05, 0.1) is 0 Å². The minimum Gasteiger partial charge on any atom is -0.477 e. The highest BCUT2D eigenvalue weighted by Crippen LogP contribution is 1.97. The van der Waals surface area contributed by atoms with Crippen LogP contribution in [0.1, 0.15) is 0 Å². The third-order valence-electron chi connectivity index (χ3n) is 1.21. The van der Waals surface area contributed by atoms with Crippen molar-refractivity contribution in [2.45, 2.75) is 0 Å². The predicted molar refractivity (Wildman–Crippen MR) is 38.9 cm³/mol. The Bertz CT molecular complexity index is 222. The van der Waals surface area contributed by atoms with Crippen LogP contribution in [0.25, 0.3) is 0 Å². The first-order chi connectivity index (χ1) is 5.24. The number of carbonyl (C=O) groups is 1. The van der Waals surface area contributed by atoms with Gasteiger partial charge < -0.3 is 5.11 Å². The fourth-order valence-electron chi connectivity index (χ4n) is 0.679. The van der Waals surface area contributed by atoms with Gasteiger partial charge in [-0.3, -0.25) is 5.43 Å². The first kappa shape index (κ1) is 7.62. The van der Waals surface area contributed by atoms with Gasteiger partial charge in [-0.1, -0.05) is 0 Å². The van der Waals surface area contributed by atoms with E-state index in [2.05, 4.69) is 10.9 Å². The lowest BCUT2D eigenvalue weighted by Crippen LogP contribution is -2.44. The Morgan fingerprint density at radius 3 is 3.09 bits per heavy atom. The highest BCUT2D eigenvalue weighted by Gasteiger charge is 2.10. The van der Waals surface area contributed by atoms with Crippen LogP contribution in [0.3, 0.4) is 0 Å². The van der Waals surface area contributed by atoms with Gasteiger partial charge in [0, 0.05) is 13.2 Å². The highest BCUT2D eigenvalue weighted by molar-refractivity contribution is 5.86. The molecule has 1 heterocycles. The lowest BCUT2D eigenvalue weighted by molar-refractivity contribution is -0.133. The summed E-state index contributed by atoms with van der Waals surface area (Å²) in [7, 11) is 1.68. The summed E-state index contributed by atoms with van der Waals surface area (Å²) in [6.45, 7) is 0. The van der Waals surface area contributed by atoms with Gasteiger partial charge in [-0.05, 0) is 12.2 Å². The van der Waals surface area contributed by atoms with Crippen LogP contribution in [-0.2, 0) is 4.79 Å². The topological polar surface area (TPSA) is 64.6 Å². The molecule has 11 heavy (non-hydrogen) atoms. The average molecular weight is 155 g/mol. The smallest absolute Gasteiger partial charge is 0.353 e. The van der Waals surface area contributed by atoms with Crippen LogP contribution >= 0.6 is 0 Å². The summed E-state index contributed by atoms with van der Waals surface area (Å²) in [6, 6.07) is 0. The first-order valence-electron chi connectivity index (χ1n) is 3.09. The maximum Gasteiger partial charge on any atom is 0.353 e. The van der Waals surface area contributed by atoms with E-state index in [1.807, 2.05) is 0 Å². The molecular formula is C6H9N3O2. The molecule has 0 atom stereocenters. The molecule has 0 spiro atoms. The van der Waals surface area contributed by atoms with Gasteiger partial charge in [0.15, 0.2) is 0 Å². The van der Waals surface area contributed by atoms with Crippen molar-refractivity contribution in [2.75, 3.05) is 7.05 Å². The molecule has 0 saturated heterocycles. The normalized spacial score (nSPS) is 15.7. The van der Waals surface area contributed by atoms with Crippen molar-refractivity contribution in [1.29, 1.82) is 0 Å². The quantitative estimate of drug-likeness (QED) is 0.498. The minimum atomic E-state index is -0.977. The van der Waals surface area contributed by atoms with E-state index in [0.29, 0.717) is 0 Å². The van der Waals surface area contributed by atoms with E-state index < -0.39 is 5.97 Å². The number of nitrogens with zero attached hydrogens (tertiary/aromatic N) is 1. The van der Waals surface area contributed by atoms with E-state index in [1.54, 1.807) is 19.3 Å². The summed E-state index contributed by atoms with van der Waals surface area (Å²) in [4.78, 5) is 10.4. The van der Waals surface area contributed by atoms with Crippen molar-refractivity contribution in [2.24, 2.45) is 0 Å². The molecule has 0 aromatic rings. The SMILES string of the molecule is CNN1C=CC=C(C(=O)O)N1. The molecule has 0 aliphatic carbocycles. The van der Waals surface area contributed by atoms with Crippen molar-refractivity contribution < 1.29 is 9.90 Å². The predicted octanol–water partition coefficient (Wildman–Crippen LogP) is -0.577. The lowest BCUT2D eigenvalue weighted by Gasteiger charge is -2.23. The van der Waals surface area contributed by atoms with E-state index in [-0.39, 0.29) is 5.70 Å². The Morgan fingerprint density at radius 2 is 2.55 bits per heavy atom. The van der Waals surface area contributed by atoms with Gasteiger partial charge in [-0.15, -0.1) is 0 Å². The average Bonchev–Trinajstić information content (AvgIpc) is 2.05. The Kier molecular flexibility index (Phi) is 2.12. The molecule has 5 heteroatoms. The lowest BCUT2D eigenvalue weighted by atomic mass is 10.4. The second kappa shape index (κ2) is 3.07. The molecule has 0 saturated carbocycles. The minimum absolute atomic E-state index is 0.141. The van der Waals surface area contributed by atoms with Crippen LogP contribution in [0.4, 0.5) is 0 Å². The van der Waals surface area contributed by atoms with Gasteiger partial charge in [0.1, 0.15) is 5.70 Å². The summed E-state index contributed by atoms with van der Waals surface area (Å²) >= 11 is 0. The summed E-state index contributed by atoms with van der Waals surface area (Å²) in [6.07, 6.45) is 4.79. The highest BCUT2D eigenvalue weighted by atomic mass is 16.4. The fourth-order valence-corrected chi connectivity index (χ4v) is 0.679. The summed E-state index contributed by atoms with van der Waals surface area (Å²) < 4.78 is 0. The summed E-state index contributed by atoms with van der Waals surface area (Å²) in [5.41, 5.74) is 5.46. The Morgan fingerprint density at radius 1 is 1.82 bits per heavy atom. The van der Waals surface area contributed by atoms with Crippen LogP contribution < -0.4 is 10.9 Å². The number of nitrogens with one attached hydrogen (secondary N) is 2. The summed E-state index contributed by atoms with van der Waals surface area (Å²) in [5.74, 6) is -0.977. The fraction of sp³-hybridized carbons (Fsp3) is 0.167. The zero-order valence-corrected chi connectivity index (χ0v) is 6.03. The molecular weight excluding hydrogens is 146 g/mol. The van der Waals surface area contributed by atoms with Gasteiger partial charge in [-0.2, -0.15) is 0 Å². The van der Waals surface area contributed by atoms with Crippen molar-refractivity contribution >= 4 is 5.97 Å². The molecule has 0 amide bonds. The molecule has 0 aromatic heterocycles. The molecule has 3 N–H and O–H groups in total.